The lowest BCUT2D eigenvalue weighted by Gasteiger charge is -2.12. The highest BCUT2D eigenvalue weighted by Gasteiger charge is 2.14. The summed E-state index contributed by atoms with van der Waals surface area (Å²) in [6.45, 7) is 1.61. The van der Waals surface area contributed by atoms with Crippen LogP contribution in [0.5, 0.6) is 11.5 Å². The third kappa shape index (κ3) is 6.72. The molecular weight excluding hydrogens is 475 g/mol. The van der Waals surface area contributed by atoms with Crippen molar-refractivity contribution in [2.24, 2.45) is 5.10 Å². The van der Waals surface area contributed by atoms with Crippen LogP contribution in [0.15, 0.2) is 71.8 Å². The molecule has 0 aliphatic heterocycles. The normalized spacial score (nSPS) is 11.8. The van der Waals surface area contributed by atoms with Gasteiger partial charge in [-0.15, -0.1) is 0 Å². The summed E-state index contributed by atoms with van der Waals surface area (Å²) in [5.41, 5.74) is 3.30. The molecule has 164 valence electrons. The molecule has 3 aromatic carbocycles. The van der Waals surface area contributed by atoms with E-state index in [0.717, 1.165) is 0 Å². The molecule has 32 heavy (non-hydrogen) atoms. The minimum Gasteiger partial charge on any atom is -0.481 e. The van der Waals surface area contributed by atoms with Gasteiger partial charge >= 0.3 is 5.97 Å². The number of halogens is 3. The number of esters is 1. The van der Waals surface area contributed by atoms with Crippen LogP contribution in [0.3, 0.4) is 0 Å². The smallest absolute Gasteiger partial charge is 0.345 e. The Bertz CT molecular complexity index is 1130. The molecule has 1 N–H and O–H groups in total. The molecule has 0 saturated carbocycles. The predicted molar refractivity (Wildman–Crippen MR) is 125 cm³/mol. The molecule has 0 aliphatic rings. The lowest BCUT2D eigenvalue weighted by atomic mass is 10.2. The fourth-order valence-corrected chi connectivity index (χ4v) is 3.08. The third-order valence-electron chi connectivity index (χ3n) is 4.13. The van der Waals surface area contributed by atoms with Gasteiger partial charge in [-0.1, -0.05) is 34.8 Å². The highest BCUT2D eigenvalue weighted by atomic mass is 35.5. The maximum atomic E-state index is 12.2. The number of hydrazone groups is 1. The molecule has 6 nitrogen and oxygen atoms in total. The monoisotopic (exact) mass is 490 g/mol. The average Bonchev–Trinajstić information content (AvgIpc) is 2.76. The molecule has 3 aromatic rings. The second-order valence-electron chi connectivity index (χ2n) is 6.53. The van der Waals surface area contributed by atoms with Gasteiger partial charge in [0.25, 0.3) is 5.91 Å². The van der Waals surface area contributed by atoms with Gasteiger partial charge in [-0.3, -0.25) is 4.79 Å². The van der Waals surface area contributed by atoms with Crippen molar-refractivity contribution in [3.05, 3.63) is 92.9 Å². The minimum absolute atomic E-state index is 0.205. The number of amides is 1. The number of benzene rings is 3. The first-order valence-electron chi connectivity index (χ1n) is 9.34. The molecule has 0 aromatic heterocycles. The maximum absolute atomic E-state index is 12.2. The van der Waals surface area contributed by atoms with Crippen molar-refractivity contribution in [1.29, 1.82) is 0 Å². The van der Waals surface area contributed by atoms with Crippen LogP contribution in [0.25, 0.3) is 0 Å². The van der Waals surface area contributed by atoms with E-state index in [2.05, 4.69) is 10.5 Å². The summed E-state index contributed by atoms with van der Waals surface area (Å²) in [6, 6.07) is 17.7. The van der Waals surface area contributed by atoms with Gasteiger partial charge in [-0.05, 0) is 79.2 Å². The van der Waals surface area contributed by atoms with Gasteiger partial charge in [0.15, 0.2) is 6.10 Å². The Labute approximate surface area is 199 Å². The maximum Gasteiger partial charge on any atom is 0.345 e. The number of hydrogen-bond acceptors (Lipinski definition) is 5. The summed E-state index contributed by atoms with van der Waals surface area (Å²) in [4.78, 5) is 24.4. The summed E-state index contributed by atoms with van der Waals surface area (Å²) in [6.07, 6.45) is 0.698. The Morgan fingerprint density at radius 2 is 1.53 bits per heavy atom. The predicted octanol–water partition coefficient (Wildman–Crippen LogP) is 5.78. The van der Waals surface area contributed by atoms with Crippen molar-refractivity contribution in [3.63, 3.8) is 0 Å². The van der Waals surface area contributed by atoms with E-state index in [-0.39, 0.29) is 10.6 Å². The van der Waals surface area contributed by atoms with Gasteiger partial charge in [-0.25, -0.2) is 10.2 Å². The topological polar surface area (TPSA) is 77.0 Å². The van der Waals surface area contributed by atoms with Gasteiger partial charge in [0.2, 0.25) is 0 Å². The molecule has 0 heterocycles. The Hall–Kier alpha value is -3.06. The Morgan fingerprint density at radius 1 is 0.906 bits per heavy atom. The van der Waals surface area contributed by atoms with Crippen LogP contribution in [-0.2, 0) is 4.79 Å². The number of rotatable bonds is 7. The van der Waals surface area contributed by atoms with E-state index in [1.807, 2.05) is 0 Å². The Balaban J connectivity index is 1.51. The second-order valence-corrected chi connectivity index (χ2v) is 7.81. The molecule has 1 amide bonds. The molecule has 1 unspecified atom stereocenters. The number of carbonyl (C=O) groups excluding carboxylic acids is 2. The van der Waals surface area contributed by atoms with E-state index in [1.54, 1.807) is 61.5 Å². The molecular formula is C23H17Cl3N2O4. The Kier molecular flexibility index (Phi) is 8.11. The molecule has 0 radical (unpaired) electrons. The van der Waals surface area contributed by atoms with Crippen molar-refractivity contribution in [1.82, 2.24) is 5.43 Å². The van der Waals surface area contributed by atoms with E-state index in [1.165, 1.54) is 18.3 Å². The minimum atomic E-state index is -0.755. The SMILES string of the molecule is CC(Oc1ccc(Cl)cc1)C(=O)N/N=C/c1ccc(OC(=O)c2ccc(Cl)cc2Cl)cc1. The first-order chi connectivity index (χ1) is 15.3. The Morgan fingerprint density at radius 3 is 2.19 bits per heavy atom. The first-order valence-corrected chi connectivity index (χ1v) is 10.5. The number of ether oxygens (including phenoxy) is 2. The van der Waals surface area contributed by atoms with Crippen molar-refractivity contribution >= 4 is 52.9 Å². The molecule has 0 saturated heterocycles. The lowest BCUT2D eigenvalue weighted by Crippen LogP contribution is -2.33. The molecule has 0 bridgehead atoms. The average molecular weight is 492 g/mol. The third-order valence-corrected chi connectivity index (χ3v) is 4.93. The summed E-state index contributed by atoms with van der Waals surface area (Å²) in [5.74, 6) is -0.171. The van der Waals surface area contributed by atoms with Crippen LogP contribution in [0.1, 0.15) is 22.8 Å². The number of hydrogen-bond donors (Lipinski definition) is 1. The standard InChI is InChI=1S/C23H17Cl3N2O4/c1-14(31-18-9-4-16(24)5-10-18)22(29)28-27-13-15-2-7-19(8-3-15)32-23(30)20-11-6-17(25)12-21(20)26/h2-14H,1H3,(H,28,29)/b27-13+. The lowest BCUT2D eigenvalue weighted by molar-refractivity contribution is -0.127. The molecule has 3 rings (SSSR count). The number of nitrogens with zero attached hydrogens (tertiary/aromatic N) is 1. The van der Waals surface area contributed by atoms with Crippen LogP contribution in [0.4, 0.5) is 0 Å². The summed E-state index contributed by atoms with van der Waals surface area (Å²) in [7, 11) is 0. The van der Waals surface area contributed by atoms with Gasteiger partial charge < -0.3 is 9.47 Å². The van der Waals surface area contributed by atoms with Crippen LogP contribution >= 0.6 is 34.8 Å². The van der Waals surface area contributed by atoms with Crippen molar-refractivity contribution < 1.29 is 19.1 Å². The molecule has 9 heteroatoms. The molecule has 0 spiro atoms. The van der Waals surface area contributed by atoms with Crippen LogP contribution in [-0.4, -0.2) is 24.2 Å². The van der Waals surface area contributed by atoms with Gasteiger partial charge in [0.1, 0.15) is 11.5 Å². The van der Waals surface area contributed by atoms with E-state index >= 15 is 0 Å². The van der Waals surface area contributed by atoms with Gasteiger partial charge in [0, 0.05) is 10.0 Å². The largest absolute Gasteiger partial charge is 0.481 e. The van der Waals surface area contributed by atoms with E-state index in [4.69, 9.17) is 44.3 Å². The second kappa shape index (κ2) is 11.0. The van der Waals surface area contributed by atoms with E-state index in [0.29, 0.717) is 27.1 Å². The highest BCUT2D eigenvalue weighted by Crippen LogP contribution is 2.23. The summed E-state index contributed by atoms with van der Waals surface area (Å²) in [5, 5.41) is 5.12. The zero-order valence-corrected chi connectivity index (χ0v) is 19.0. The fraction of sp³-hybridized carbons (Fsp3) is 0.0870. The van der Waals surface area contributed by atoms with Gasteiger partial charge in [0.05, 0.1) is 16.8 Å². The van der Waals surface area contributed by atoms with Crippen molar-refractivity contribution in [2.75, 3.05) is 0 Å². The quantitative estimate of drug-likeness (QED) is 0.197. The molecule has 0 aliphatic carbocycles. The van der Waals surface area contributed by atoms with Gasteiger partial charge in [-0.2, -0.15) is 5.10 Å². The fourth-order valence-electron chi connectivity index (χ4n) is 2.47. The number of carbonyl (C=O) groups is 2. The summed E-state index contributed by atoms with van der Waals surface area (Å²) >= 11 is 17.7. The van der Waals surface area contributed by atoms with Crippen LogP contribution in [0.2, 0.25) is 15.1 Å². The van der Waals surface area contributed by atoms with E-state index < -0.39 is 18.0 Å². The highest BCUT2D eigenvalue weighted by molar-refractivity contribution is 6.36. The van der Waals surface area contributed by atoms with Crippen molar-refractivity contribution in [2.45, 2.75) is 13.0 Å². The van der Waals surface area contributed by atoms with Crippen molar-refractivity contribution in [3.8, 4) is 11.5 Å². The van der Waals surface area contributed by atoms with E-state index in [9.17, 15) is 9.59 Å². The zero-order chi connectivity index (χ0) is 23.1. The first kappa shape index (κ1) is 23.6. The zero-order valence-electron chi connectivity index (χ0n) is 16.7. The number of nitrogens with one attached hydrogen (secondary N) is 1. The summed E-state index contributed by atoms with van der Waals surface area (Å²) < 4.78 is 10.8. The van der Waals surface area contributed by atoms with Crippen LogP contribution in [0, 0.1) is 0 Å². The molecule has 0 fully saturated rings. The molecule has 1 atom stereocenters. The van der Waals surface area contributed by atoms with Crippen LogP contribution < -0.4 is 14.9 Å².